The lowest BCUT2D eigenvalue weighted by Gasteiger charge is -2.19. The molecule has 1 aromatic rings. The molecule has 0 saturated carbocycles. The van der Waals surface area contributed by atoms with E-state index in [-0.39, 0.29) is 5.91 Å². The highest BCUT2D eigenvalue weighted by molar-refractivity contribution is 6.01. The Kier molecular flexibility index (Phi) is 4.35. The minimum Gasteiger partial charge on any atom is -0.312 e. The van der Waals surface area contributed by atoms with Crippen molar-refractivity contribution in [2.24, 2.45) is 0 Å². The van der Waals surface area contributed by atoms with Crippen LogP contribution in [-0.2, 0) is 17.9 Å². The van der Waals surface area contributed by atoms with Gasteiger partial charge in [0.2, 0.25) is 5.91 Å². The van der Waals surface area contributed by atoms with Crippen LogP contribution in [0.5, 0.6) is 0 Å². The number of hydrogen-bond donors (Lipinski definition) is 1. The van der Waals surface area contributed by atoms with Crippen LogP contribution in [0.25, 0.3) is 0 Å². The van der Waals surface area contributed by atoms with Crippen molar-refractivity contribution in [1.29, 1.82) is 0 Å². The molecule has 0 aliphatic carbocycles. The maximum absolute atomic E-state index is 12.1. The van der Waals surface area contributed by atoms with E-state index in [2.05, 4.69) is 11.4 Å². The van der Waals surface area contributed by atoms with Gasteiger partial charge in [-0.1, -0.05) is 18.2 Å². The molecule has 0 saturated heterocycles. The van der Waals surface area contributed by atoms with E-state index in [0.717, 1.165) is 25.3 Å². The molecule has 4 heteroatoms. The third-order valence-corrected chi connectivity index (χ3v) is 3.29. The highest BCUT2D eigenvalue weighted by atomic mass is 16.2. The fourth-order valence-electron chi connectivity index (χ4n) is 2.22. The quantitative estimate of drug-likeness (QED) is 0.830. The van der Waals surface area contributed by atoms with Crippen LogP contribution in [0, 0.1) is 0 Å². The number of fused-ring (bicyclic) bond motifs is 1. The molecule has 4 nitrogen and oxygen atoms in total. The molecule has 0 fully saturated rings. The van der Waals surface area contributed by atoms with E-state index in [9.17, 15) is 4.79 Å². The number of amides is 1. The van der Waals surface area contributed by atoms with E-state index in [1.54, 1.807) is 11.0 Å². The number of carbonyl (C=O) groups excluding carboxylic acids is 1. The molecule has 1 aliphatic heterocycles. The Labute approximate surface area is 114 Å². The van der Waals surface area contributed by atoms with Gasteiger partial charge >= 0.3 is 0 Å². The summed E-state index contributed by atoms with van der Waals surface area (Å²) in [7, 11) is 5.79. The lowest BCUT2D eigenvalue weighted by Crippen LogP contribution is -2.25. The number of benzene rings is 1. The highest BCUT2D eigenvalue weighted by Crippen LogP contribution is 2.26. The van der Waals surface area contributed by atoms with Crippen molar-refractivity contribution in [3.05, 3.63) is 41.5 Å². The molecular formula is C15H21N3O. The molecule has 0 radical (unpaired) electrons. The van der Waals surface area contributed by atoms with Crippen LogP contribution in [0.15, 0.2) is 30.4 Å². The van der Waals surface area contributed by atoms with Crippen molar-refractivity contribution in [3.8, 4) is 0 Å². The van der Waals surface area contributed by atoms with Gasteiger partial charge in [0, 0.05) is 38.4 Å². The van der Waals surface area contributed by atoms with Crippen LogP contribution >= 0.6 is 0 Å². The van der Waals surface area contributed by atoms with Gasteiger partial charge in [0.15, 0.2) is 0 Å². The van der Waals surface area contributed by atoms with Gasteiger partial charge in [0.25, 0.3) is 0 Å². The largest absolute Gasteiger partial charge is 0.312 e. The molecule has 2 rings (SSSR count). The first-order chi connectivity index (χ1) is 9.09. The van der Waals surface area contributed by atoms with E-state index >= 15 is 0 Å². The Balaban J connectivity index is 2.12. The third kappa shape index (κ3) is 3.22. The Morgan fingerprint density at radius 3 is 2.84 bits per heavy atom. The minimum atomic E-state index is 0.0159. The Morgan fingerprint density at radius 2 is 2.11 bits per heavy atom. The van der Waals surface area contributed by atoms with Crippen LogP contribution in [0.3, 0.4) is 0 Å². The lowest BCUT2D eigenvalue weighted by molar-refractivity contribution is -0.113. The molecule has 1 amide bonds. The molecule has 19 heavy (non-hydrogen) atoms. The zero-order chi connectivity index (χ0) is 13.8. The highest BCUT2D eigenvalue weighted by Gasteiger charge is 2.18. The average Bonchev–Trinajstić information content (AvgIpc) is 2.85. The van der Waals surface area contributed by atoms with Gasteiger partial charge in [0.05, 0.1) is 0 Å². The smallest absolute Gasteiger partial charge is 0.250 e. The van der Waals surface area contributed by atoms with Gasteiger partial charge in [-0.05, 0) is 31.3 Å². The number of likely N-dealkylation sites (N-methyl/N-ethyl adjacent to an activating group) is 2. The normalized spacial score (nSPS) is 14.1. The number of nitrogens with zero attached hydrogens (tertiary/aromatic N) is 2. The molecule has 0 spiro atoms. The molecule has 1 aliphatic rings. The predicted molar refractivity (Wildman–Crippen MR) is 78.1 cm³/mol. The Bertz CT molecular complexity index is 494. The fourth-order valence-corrected chi connectivity index (χ4v) is 2.22. The summed E-state index contributed by atoms with van der Waals surface area (Å²) in [5.74, 6) is 0.0159. The standard InChI is InChI=1S/C15H21N3O/c1-17(2)9-5-8-15(19)18(3)14-7-4-6-12-10-16-11-13(12)14/h4-8,16H,9-11H2,1-3H3/b8-5+. The molecule has 1 heterocycles. The Hall–Kier alpha value is -1.65. The number of carbonyl (C=O) groups is 1. The summed E-state index contributed by atoms with van der Waals surface area (Å²) in [5, 5.41) is 3.32. The van der Waals surface area contributed by atoms with Gasteiger partial charge in [-0.15, -0.1) is 0 Å². The van der Waals surface area contributed by atoms with Gasteiger partial charge in [-0.25, -0.2) is 0 Å². The van der Waals surface area contributed by atoms with Crippen molar-refractivity contribution in [3.63, 3.8) is 0 Å². The first kappa shape index (κ1) is 13.8. The first-order valence-corrected chi connectivity index (χ1v) is 6.50. The SMILES string of the molecule is CN(C)C/C=C/C(=O)N(C)c1cccc2c1CNC2. The maximum atomic E-state index is 12.1. The maximum Gasteiger partial charge on any atom is 0.250 e. The van der Waals surface area contributed by atoms with E-state index in [4.69, 9.17) is 0 Å². The number of rotatable bonds is 4. The monoisotopic (exact) mass is 259 g/mol. The second-order valence-electron chi connectivity index (χ2n) is 5.08. The molecular weight excluding hydrogens is 238 g/mol. The van der Waals surface area contributed by atoms with Crippen LogP contribution in [0.2, 0.25) is 0 Å². The van der Waals surface area contributed by atoms with Crippen molar-refractivity contribution in [1.82, 2.24) is 10.2 Å². The van der Waals surface area contributed by atoms with Crippen LogP contribution in [0.4, 0.5) is 5.69 Å². The summed E-state index contributed by atoms with van der Waals surface area (Å²) in [4.78, 5) is 15.9. The van der Waals surface area contributed by atoms with Crippen LogP contribution in [0.1, 0.15) is 11.1 Å². The third-order valence-electron chi connectivity index (χ3n) is 3.29. The molecule has 0 aromatic heterocycles. The van der Waals surface area contributed by atoms with Crippen molar-refractivity contribution >= 4 is 11.6 Å². The van der Waals surface area contributed by atoms with Crippen LogP contribution in [-0.4, -0.2) is 38.5 Å². The first-order valence-electron chi connectivity index (χ1n) is 6.50. The lowest BCUT2D eigenvalue weighted by atomic mass is 10.1. The number of hydrogen-bond acceptors (Lipinski definition) is 3. The molecule has 0 bridgehead atoms. The van der Waals surface area contributed by atoms with Crippen LogP contribution < -0.4 is 10.2 Å². The molecule has 1 N–H and O–H groups in total. The minimum absolute atomic E-state index is 0.0159. The predicted octanol–water partition coefficient (Wildman–Crippen LogP) is 1.37. The van der Waals surface area contributed by atoms with E-state index < -0.39 is 0 Å². The second-order valence-corrected chi connectivity index (χ2v) is 5.08. The van der Waals surface area contributed by atoms with Crippen molar-refractivity contribution in [2.45, 2.75) is 13.1 Å². The Morgan fingerprint density at radius 1 is 1.32 bits per heavy atom. The summed E-state index contributed by atoms with van der Waals surface area (Å²) in [6.07, 6.45) is 3.53. The van der Waals surface area contributed by atoms with Gasteiger partial charge in [-0.3, -0.25) is 4.79 Å². The molecule has 102 valence electrons. The van der Waals surface area contributed by atoms with Gasteiger partial charge in [-0.2, -0.15) is 0 Å². The summed E-state index contributed by atoms with van der Waals surface area (Å²) in [6, 6.07) is 6.12. The number of nitrogens with one attached hydrogen (secondary N) is 1. The molecule has 0 unspecified atom stereocenters. The van der Waals surface area contributed by atoms with E-state index in [1.807, 2.05) is 44.3 Å². The second kappa shape index (κ2) is 5.99. The topological polar surface area (TPSA) is 35.6 Å². The molecule has 0 atom stereocenters. The summed E-state index contributed by atoms with van der Waals surface area (Å²) >= 11 is 0. The summed E-state index contributed by atoms with van der Waals surface area (Å²) in [5.41, 5.74) is 3.52. The van der Waals surface area contributed by atoms with Gasteiger partial charge in [0.1, 0.15) is 0 Å². The van der Waals surface area contributed by atoms with E-state index in [1.165, 1.54) is 11.1 Å². The van der Waals surface area contributed by atoms with E-state index in [0.29, 0.717) is 0 Å². The zero-order valence-corrected chi connectivity index (χ0v) is 11.8. The average molecular weight is 259 g/mol. The number of anilines is 1. The summed E-state index contributed by atoms with van der Waals surface area (Å²) in [6.45, 7) is 2.50. The van der Waals surface area contributed by atoms with Crippen molar-refractivity contribution in [2.75, 3.05) is 32.6 Å². The van der Waals surface area contributed by atoms with Crippen molar-refractivity contribution < 1.29 is 4.79 Å². The fraction of sp³-hybridized carbons (Fsp3) is 0.400. The molecule has 1 aromatic carbocycles. The van der Waals surface area contributed by atoms with Gasteiger partial charge < -0.3 is 15.1 Å². The zero-order valence-electron chi connectivity index (χ0n) is 11.8. The summed E-state index contributed by atoms with van der Waals surface area (Å²) < 4.78 is 0.